The molecule has 41 heavy (non-hydrogen) atoms. The van der Waals surface area contributed by atoms with E-state index in [1.165, 1.54) is 4.90 Å². The molecule has 7 nitrogen and oxygen atoms in total. The minimum Gasteiger partial charge on any atom is -0.350 e. The van der Waals surface area contributed by atoms with Gasteiger partial charge < -0.3 is 10.2 Å². The van der Waals surface area contributed by atoms with E-state index in [0.29, 0.717) is 21.3 Å². The van der Waals surface area contributed by atoms with E-state index in [0.717, 1.165) is 28.1 Å². The summed E-state index contributed by atoms with van der Waals surface area (Å²) in [6, 6.07) is 20.5. The van der Waals surface area contributed by atoms with Crippen molar-refractivity contribution in [2.24, 2.45) is 0 Å². The van der Waals surface area contributed by atoms with Crippen LogP contribution in [0.4, 0.5) is 5.69 Å². The van der Waals surface area contributed by atoms with Gasteiger partial charge in [0.25, 0.3) is 0 Å². The van der Waals surface area contributed by atoms with Crippen LogP contribution in [0.2, 0.25) is 10.0 Å². The van der Waals surface area contributed by atoms with E-state index < -0.39 is 34.1 Å². The highest BCUT2D eigenvalue weighted by Crippen LogP contribution is 2.25. The van der Waals surface area contributed by atoms with Crippen LogP contribution in [-0.2, 0) is 39.0 Å². The van der Waals surface area contributed by atoms with E-state index in [1.54, 1.807) is 30.3 Å². The SMILES string of the molecule is CCc1ccc(N(CC(=O)N(Cc2ccc(Cl)c(Cl)c2)[C@H](Cc2ccccc2)C(=O)NC(C)(C)C)S(C)(=O)=O)cc1. The van der Waals surface area contributed by atoms with Gasteiger partial charge in [-0.1, -0.05) is 78.7 Å². The van der Waals surface area contributed by atoms with Crippen molar-refractivity contribution in [1.29, 1.82) is 0 Å². The molecule has 0 radical (unpaired) electrons. The first-order chi connectivity index (χ1) is 19.2. The Kier molecular flexibility index (Phi) is 10.9. The number of halogens is 2. The van der Waals surface area contributed by atoms with Gasteiger partial charge in [-0.25, -0.2) is 8.42 Å². The zero-order valence-corrected chi connectivity index (χ0v) is 26.4. The molecule has 10 heteroatoms. The van der Waals surface area contributed by atoms with Crippen molar-refractivity contribution in [1.82, 2.24) is 10.2 Å². The standard InChI is InChI=1S/C31H37Cl2N3O4S/c1-6-22-12-15-25(16-13-22)36(41(5,39)40)21-29(37)35(20-24-14-17-26(32)27(33)18-24)28(30(38)34-31(2,3)4)19-23-10-8-7-9-11-23/h7-18,28H,6,19-21H2,1-5H3,(H,34,38)/t28-/m1/s1. The fourth-order valence-electron chi connectivity index (χ4n) is 4.35. The molecule has 220 valence electrons. The number of benzene rings is 3. The summed E-state index contributed by atoms with van der Waals surface area (Å²) in [7, 11) is -3.84. The lowest BCUT2D eigenvalue weighted by Crippen LogP contribution is -2.56. The zero-order chi connectivity index (χ0) is 30.4. The number of sulfonamides is 1. The second kappa shape index (κ2) is 13.7. The van der Waals surface area contributed by atoms with Crippen LogP contribution in [0.5, 0.6) is 0 Å². The molecule has 0 aliphatic heterocycles. The van der Waals surface area contributed by atoms with Crippen molar-refractivity contribution in [2.45, 2.75) is 58.7 Å². The third kappa shape index (κ3) is 9.48. The predicted molar refractivity (Wildman–Crippen MR) is 167 cm³/mol. The number of hydrogen-bond donors (Lipinski definition) is 1. The second-order valence-electron chi connectivity index (χ2n) is 11.0. The third-order valence-electron chi connectivity index (χ3n) is 6.42. The smallest absolute Gasteiger partial charge is 0.244 e. The van der Waals surface area contributed by atoms with Crippen molar-refractivity contribution in [3.05, 3.63) is 99.5 Å². The van der Waals surface area contributed by atoms with Gasteiger partial charge >= 0.3 is 0 Å². The lowest BCUT2D eigenvalue weighted by Gasteiger charge is -2.35. The Hall–Kier alpha value is -3.07. The van der Waals surface area contributed by atoms with Gasteiger partial charge in [0.15, 0.2) is 0 Å². The number of nitrogens with one attached hydrogen (secondary N) is 1. The van der Waals surface area contributed by atoms with Crippen LogP contribution in [0, 0.1) is 0 Å². The molecule has 1 N–H and O–H groups in total. The molecule has 0 spiro atoms. The summed E-state index contributed by atoms with van der Waals surface area (Å²) >= 11 is 12.4. The molecular weight excluding hydrogens is 581 g/mol. The molecule has 3 aromatic carbocycles. The van der Waals surface area contributed by atoms with Crippen LogP contribution in [0.25, 0.3) is 0 Å². The van der Waals surface area contributed by atoms with Gasteiger partial charge in [-0.2, -0.15) is 0 Å². The fraction of sp³-hybridized carbons (Fsp3) is 0.355. The van der Waals surface area contributed by atoms with Crippen molar-refractivity contribution in [2.75, 3.05) is 17.1 Å². The van der Waals surface area contributed by atoms with Crippen LogP contribution >= 0.6 is 23.2 Å². The Balaban J connectivity index is 2.08. The maximum Gasteiger partial charge on any atom is 0.244 e. The molecule has 0 aliphatic carbocycles. The average Bonchev–Trinajstić information content (AvgIpc) is 2.90. The number of carbonyl (C=O) groups is 2. The van der Waals surface area contributed by atoms with E-state index in [4.69, 9.17) is 23.2 Å². The van der Waals surface area contributed by atoms with Crippen molar-refractivity contribution in [3.8, 4) is 0 Å². The van der Waals surface area contributed by atoms with Crippen LogP contribution in [0.15, 0.2) is 72.8 Å². The van der Waals surface area contributed by atoms with Gasteiger partial charge in [0.2, 0.25) is 21.8 Å². The highest BCUT2D eigenvalue weighted by molar-refractivity contribution is 7.92. The average molecular weight is 619 g/mol. The number of carbonyl (C=O) groups excluding carboxylic acids is 2. The minimum atomic E-state index is -3.84. The molecule has 0 aromatic heterocycles. The summed E-state index contributed by atoms with van der Waals surface area (Å²) in [6.45, 7) is 7.11. The van der Waals surface area contributed by atoms with Gasteiger partial charge in [0.1, 0.15) is 12.6 Å². The number of amides is 2. The highest BCUT2D eigenvalue weighted by atomic mass is 35.5. The quantitative estimate of drug-likeness (QED) is 0.291. The largest absolute Gasteiger partial charge is 0.350 e. The first kappa shape index (κ1) is 32.4. The Labute approximate surface area is 253 Å². The van der Waals surface area contributed by atoms with Gasteiger partial charge in [-0.3, -0.25) is 13.9 Å². The minimum absolute atomic E-state index is 0.0111. The van der Waals surface area contributed by atoms with Gasteiger partial charge in [-0.15, -0.1) is 0 Å². The van der Waals surface area contributed by atoms with E-state index in [9.17, 15) is 18.0 Å². The molecule has 2 amide bonds. The Morgan fingerprint density at radius 1 is 0.878 bits per heavy atom. The Bertz CT molecular complexity index is 1460. The van der Waals surface area contributed by atoms with Crippen LogP contribution in [0.1, 0.15) is 44.4 Å². The molecule has 0 heterocycles. The van der Waals surface area contributed by atoms with E-state index in [-0.39, 0.29) is 18.9 Å². The molecule has 1 atom stereocenters. The zero-order valence-electron chi connectivity index (χ0n) is 24.0. The topological polar surface area (TPSA) is 86.8 Å². The molecule has 0 saturated heterocycles. The highest BCUT2D eigenvalue weighted by Gasteiger charge is 2.34. The van der Waals surface area contributed by atoms with Crippen LogP contribution in [0.3, 0.4) is 0 Å². The molecular formula is C31H37Cl2N3O4S. The lowest BCUT2D eigenvalue weighted by molar-refractivity contribution is -0.140. The molecule has 0 bridgehead atoms. The summed E-state index contributed by atoms with van der Waals surface area (Å²) in [6.07, 6.45) is 2.07. The molecule has 0 fully saturated rings. The number of anilines is 1. The predicted octanol–water partition coefficient (Wildman–Crippen LogP) is 5.88. The van der Waals surface area contributed by atoms with Crippen LogP contribution < -0.4 is 9.62 Å². The normalized spacial score (nSPS) is 12.5. The maximum absolute atomic E-state index is 14.1. The summed E-state index contributed by atoms with van der Waals surface area (Å²) in [5.74, 6) is -0.890. The van der Waals surface area contributed by atoms with Crippen LogP contribution in [-0.4, -0.2) is 49.5 Å². The van der Waals surface area contributed by atoms with Crippen molar-refractivity contribution in [3.63, 3.8) is 0 Å². The Morgan fingerprint density at radius 3 is 2.02 bits per heavy atom. The molecule has 0 saturated carbocycles. The molecule has 3 rings (SSSR count). The third-order valence-corrected chi connectivity index (χ3v) is 8.30. The maximum atomic E-state index is 14.1. The number of aryl methyl sites for hydroxylation is 1. The summed E-state index contributed by atoms with van der Waals surface area (Å²) < 4.78 is 26.9. The fourth-order valence-corrected chi connectivity index (χ4v) is 5.52. The summed E-state index contributed by atoms with van der Waals surface area (Å²) in [5.41, 5.74) is 2.34. The number of rotatable bonds is 11. The van der Waals surface area contributed by atoms with Crippen molar-refractivity contribution >= 4 is 50.7 Å². The number of hydrogen-bond acceptors (Lipinski definition) is 4. The molecule has 0 unspecified atom stereocenters. The molecule has 0 aliphatic rings. The molecule has 3 aromatic rings. The van der Waals surface area contributed by atoms with Gasteiger partial charge in [0, 0.05) is 18.5 Å². The lowest BCUT2D eigenvalue weighted by atomic mass is 10.0. The first-order valence-electron chi connectivity index (χ1n) is 13.3. The van der Waals surface area contributed by atoms with E-state index in [2.05, 4.69) is 5.32 Å². The first-order valence-corrected chi connectivity index (χ1v) is 15.9. The van der Waals surface area contributed by atoms with E-state index in [1.807, 2.05) is 70.2 Å². The monoisotopic (exact) mass is 617 g/mol. The second-order valence-corrected chi connectivity index (χ2v) is 13.7. The van der Waals surface area contributed by atoms with Gasteiger partial charge in [0.05, 0.1) is 22.0 Å². The summed E-state index contributed by atoms with van der Waals surface area (Å²) in [4.78, 5) is 29.3. The van der Waals surface area contributed by atoms with Gasteiger partial charge in [-0.05, 0) is 68.1 Å². The number of nitrogens with zero attached hydrogens (tertiary/aromatic N) is 2. The summed E-state index contributed by atoms with van der Waals surface area (Å²) in [5, 5.41) is 3.67. The Morgan fingerprint density at radius 2 is 1.49 bits per heavy atom. The van der Waals surface area contributed by atoms with Crippen molar-refractivity contribution < 1.29 is 18.0 Å². The van der Waals surface area contributed by atoms with E-state index >= 15 is 0 Å².